The molecule has 0 saturated heterocycles. The van der Waals surface area contributed by atoms with Crippen LogP contribution in [0.5, 0.6) is 11.5 Å². The molecule has 2 aromatic rings. The van der Waals surface area contributed by atoms with Crippen molar-refractivity contribution in [3.63, 3.8) is 0 Å². The molecule has 0 heterocycles. The fourth-order valence-corrected chi connectivity index (χ4v) is 2.53. The van der Waals surface area contributed by atoms with Gasteiger partial charge in [-0.15, -0.1) is 0 Å². The van der Waals surface area contributed by atoms with Crippen molar-refractivity contribution in [2.75, 3.05) is 14.2 Å². The van der Waals surface area contributed by atoms with Crippen LogP contribution >= 0.6 is 0 Å². The lowest BCUT2D eigenvalue weighted by Gasteiger charge is -2.18. The smallest absolute Gasteiger partial charge is 0.305 e. The molecule has 132 valence electrons. The number of amides is 1. The summed E-state index contributed by atoms with van der Waals surface area (Å²) in [6.45, 7) is 0. The van der Waals surface area contributed by atoms with Gasteiger partial charge < -0.3 is 19.9 Å². The SMILES string of the molecule is COc1ccc([C@@H](CC(=O)O)NC(=O)Cc2ccccc2OC)cc1. The summed E-state index contributed by atoms with van der Waals surface area (Å²) in [4.78, 5) is 23.5. The van der Waals surface area contributed by atoms with Crippen molar-refractivity contribution in [1.29, 1.82) is 0 Å². The van der Waals surface area contributed by atoms with E-state index in [1.54, 1.807) is 50.6 Å². The summed E-state index contributed by atoms with van der Waals surface area (Å²) < 4.78 is 10.3. The van der Waals surface area contributed by atoms with E-state index in [0.717, 1.165) is 5.56 Å². The predicted molar refractivity (Wildman–Crippen MR) is 92.8 cm³/mol. The lowest BCUT2D eigenvalue weighted by molar-refractivity contribution is -0.137. The number of benzene rings is 2. The van der Waals surface area contributed by atoms with Crippen molar-refractivity contribution in [3.05, 3.63) is 59.7 Å². The van der Waals surface area contributed by atoms with Crippen LogP contribution in [0.3, 0.4) is 0 Å². The molecule has 0 radical (unpaired) electrons. The van der Waals surface area contributed by atoms with E-state index in [-0.39, 0.29) is 18.7 Å². The molecule has 0 spiro atoms. The third-order valence-corrected chi connectivity index (χ3v) is 3.78. The molecule has 0 fully saturated rings. The maximum atomic E-state index is 12.4. The standard InChI is InChI=1S/C19H21NO5/c1-24-15-9-7-13(8-10-15)16(12-19(22)23)20-18(21)11-14-5-3-4-6-17(14)25-2/h3-10,16H,11-12H2,1-2H3,(H,20,21)(H,22,23)/t16-/m1/s1. The average molecular weight is 343 g/mol. The lowest BCUT2D eigenvalue weighted by Crippen LogP contribution is -2.31. The van der Waals surface area contributed by atoms with Gasteiger partial charge in [-0.3, -0.25) is 9.59 Å². The van der Waals surface area contributed by atoms with Crippen molar-refractivity contribution in [2.45, 2.75) is 18.9 Å². The van der Waals surface area contributed by atoms with Crippen LogP contribution in [0.1, 0.15) is 23.6 Å². The maximum Gasteiger partial charge on any atom is 0.305 e. The number of carboxylic acid groups (broad SMARTS) is 1. The van der Waals surface area contributed by atoms with Crippen LogP contribution in [0.2, 0.25) is 0 Å². The van der Waals surface area contributed by atoms with Gasteiger partial charge in [0.25, 0.3) is 0 Å². The highest BCUT2D eigenvalue weighted by Crippen LogP contribution is 2.22. The van der Waals surface area contributed by atoms with Crippen LogP contribution in [0.15, 0.2) is 48.5 Å². The molecule has 2 aromatic carbocycles. The fraction of sp³-hybridized carbons (Fsp3) is 0.263. The molecule has 1 atom stereocenters. The number of hydrogen-bond donors (Lipinski definition) is 2. The minimum atomic E-state index is -0.988. The molecule has 2 rings (SSSR count). The second-order valence-electron chi connectivity index (χ2n) is 5.48. The third kappa shape index (κ3) is 5.24. The summed E-state index contributed by atoms with van der Waals surface area (Å²) >= 11 is 0. The monoisotopic (exact) mass is 343 g/mol. The van der Waals surface area contributed by atoms with Crippen molar-refractivity contribution in [2.24, 2.45) is 0 Å². The zero-order valence-corrected chi connectivity index (χ0v) is 14.2. The van der Waals surface area contributed by atoms with Gasteiger partial charge in [-0.25, -0.2) is 0 Å². The maximum absolute atomic E-state index is 12.4. The Bertz CT molecular complexity index is 727. The van der Waals surface area contributed by atoms with E-state index in [1.807, 2.05) is 12.1 Å². The van der Waals surface area contributed by atoms with E-state index in [0.29, 0.717) is 17.1 Å². The number of nitrogens with one attached hydrogen (secondary N) is 1. The van der Waals surface area contributed by atoms with Crippen LogP contribution < -0.4 is 14.8 Å². The molecular weight excluding hydrogens is 322 g/mol. The van der Waals surface area contributed by atoms with E-state index in [1.165, 1.54) is 0 Å². The van der Waals surface area contributed by atoms with Crippen LogP contribution in [0.4, 0.5) is 0 Å². The third-order valence-electron chi connectivity index (χ3n) is 3.78. The molecule has 25 heavy (non-hydrogen) atoms. The minimum absolute atomic E-state index is 0.107. The van der Waals surface area contributed by atoms with Crippen LogP contribution in [0, 0.1) is 0 Å². The summed E-state index contributed by atoms with van der Waals surface area (Å²) in [6.07, 6.45) is -0.0969. The molecule has 6 nitrogen and oxygen atoms in total. The van der Waals surface area contributed by atoms with Crippen LogP contribution in [-0.4, -0.2) is 31.2 Å². The minimum Gasteiger partial charge on any atom is -0.497 e. The van der Waals surface area contributed by atoms with Crippen LogP contribution in [-0.2, 0) is 16.0 Å². The summed E-state index contributed by atoms with van der Waals surface area (Å²) in [5.41, 5.74) is 1.45. The van der Waals surface area contributed by atoms with E-state index in [9.17, 15) is 9.59 Å². The van der Waals surface area contributed by atoms with Gasteiger partial charge in [0.15, 0.2) is 0 Å². The lowest BCUT2D eigenvalue weighted by atomic mass is 10.0. The zero-order chi connectivity index (χ0) is 18.2. The van der Waals surface area contributed by atoms with E-state index < -0.39 is 12.0 Å². The Labute approximate surface area is 146 Å². The summed E-state index contributed by atoms with van der Waals surface area (Å²) in [6, 6.07) is 13.6. The molecule has 0 saturated carbocycles. The van der Waals surface area contributed by atoms with Crippen molar-refractivity contribution in [1.82, 2.24) is 5.32 Å². The first-order valence-electron chi connectivity index (χ1n) is 7.80. The number of para-hydroxylation sites is 1. The Hall–Kier alpha value is -3.02. The number of hydrogen-bond acceptors (Lipinski definition) is 4. The number of carbonyl (C=O) groups is 2. The average Bonchev–Trinajstić information content (AvgIpc) is 2.61. The van der Waals surface area contributed by atoms with Gasteiger partial charge in [0.2, 0.25) is 5.91 Å². The molecular formula is C19H21NO5. The van der Waals surface area contributed by atoms with E-state index in [2.05, 4.69) is 5.32 Å². The molecule has 1 amide bonds. The normalized spacial score (nSPS) is 11.4. The zero-order valence-electron chi connectivity index (χ0n) is 14.2. The van der Waals surface area contributed by atoms with Crippen molar-refractivity contribution in [3.8, 4) is 11.5 Å². The van der Waals surface area contributed by atoms with Gasteiger partial charge in [0, 0.05) is 5.56 Å². The summed E-state index contributed by atoms with van der Waals surface area (Å²) in [5, 5.41) is 11.9. The summed E-state index contributed by atoms with van der Waals surface area (Å²) in [7, 11) is 3.10. The molecule has 0 bridgehead atoms. The quantitative estimate of drug-likeness (QED) is 0.769. The second-order valence-corrected chi connectivity index (χ2v) is 5.48. The highest BCUT2D eigenvalue weighted by Gasteiger charge is 2.19. The Morgan fingerprint density at radius 3 is 2.32 bits per heavy atom. The number of rotatable bonds is 8. The Balaban J connectivity index is 2.12. The van der Waals surface area contributed by atoms with Gasteiger partial charge in [-0.1, -0.05) is 30.3 Å². The summed E-state index contributed by atoms with van der Waals surface area (Å²) in [5.74, 6) is 0.0278. The van der Waals surface area contributed by atoms with Crippen molar-refractivity contribution < 1.29 is 24.2 Å². The molecule has 0 aromatic heterocycles. The molecule has 0 aliphatic rings. The fourth-order valence-electron chi connectivity index (χ4n) is 2.53. The molecule has 0 unspecified atom stereocenters. The number of aliphatic carboxylic acids is 1. The highest BCUT2D eigenvalue weighted by atomic mass is 16.5. The largest absolute Gasteiger partial charge is 0.497 e. The molecule has 2 N–H and O–H groups in total. The first kappa shape index (κ1) is 18.3. The van der Waals surface area contributed by atoms with Gasteiger partial charge >= 0.3 is 5.97 Å². The molecule has 6 heteroatoms. The second kappa shape index (κ2) is 8.73. The molecule has 0 aliphatic carbocycles. The predicted octanol–water partition coefficient (Wildman–Crippen LogP) is 2.58. The highest BCUT2D eigenvalue weighted by molar-refractivity contribution is 5.80. The van der Waals surface area contributed by atoms with E-state index in [4.69, 9.17) is 14.6 Å². The topological polar surface area (TPSA) is 84.9 Å². The van der Waals surface area contributed by atoms with Gasteiger partial charge in [0.05, 0.1) is 33.1 Å². The van der Waals surface area contributed by atoms with Crippen molar-refractivity contribution >= 4 is 11.9 Å². The van der Waals surface area contributed by atoms with E-state index >= 15 is 0 Å². The van der Waals surface area contributed by atoms with Crippen LogP contribution in [0.25, 0.3) is 0 Å². The first-order valence-corrected chi connectivity index (χ1v) is 7.80. The van der Waals surface area contributed by atoms with Gasteiger partial charge in [0.1, 0.15) is 11.5 Å². The van der Waals surface area contributed by atoms with Gasteiger partial charge in [-0.2, -0.15) is 0 Å². The molecule has 0 aliphatic heterocycles. The number of ether oxygens (including phenoxy) is 2. The Morgan fingerprint density at radius 1 is 1.04 bits per heavy atom. The van der Waals surface area contributed by atoms with Gasteiger partial charge in [-0.05, 0) is 23.8 Å². The Morgan fingerprint density at radius 2 is 1.72 bits per heavy atom. The number of carboxylic acids is 1. The number of carbonyl (C=O) groups excluding carboxylic acids is 1. The number of methoxy groups -OCH3 is 2. The first-order chi connectivity index (χ1) is 12.0. The Kier molecular flexibility index (Phi) is 6.39.